The van der Waals surface area contributed by atoms with Crippen molar-refractivity contribution >= 4 is 23.9 Å². The predicted molar refractivity (Wildman–Crippen MR) is 75.8 cm³/mol. The van der Waals surface area contributed by atoms with Crippen LogP contribution in [0.5, 0.6) is 0 Å². The molecule has 0 unspecified atom stereocenters. The van der Waals surface area contributed by atoms with Crippen molar-refractivity contribution in [2.75, 3.05) is 28.4 Å². The smallest absolute Gasteiger partial charge is 0.305 e. The van der Waals surface area contributed by atoms with E-state index in [0.717, 1.165) is 0 Å². The van der Waals surface area contributed by atoms with Gasteiger partial charge in [0.25, 0.3) is 0 Å². The van der Waals surface area contributed by atoms with Gasteiger partial charge in [-0.05, 0) is 12.8 Å². The summed E-state index contributed by atoms with van der Waals surface area (Å²) in [6, 6.07) is 0. The topological polar surface area (TPSA) is 105 Å². The second-order valence-electron chi connectivity index (χ2n) is 4.01. The van der Waals surface area contributed by atoms with Crippen LogP contribution in [0.25, 0.3) is 0 Å². The number of hydrogen-bond donors (Lipinski definition) is 0. The molecule has 0 bridgehead atoms. The first kappa shape index (κ1) is 22.2. The number of rotatable bonds is 8. The average Bonchev–Trinajstić information content (AvgIpc) is 2.54. The molecule has 0 rings (SSSR count). The summed E-state index contributed by atoms with van der Waals surface area (Å²) in [7, 11) is 5.28. The van der Waals surface area contributed by atoms with Gasteiger partial charge in [-0.15, -0.1) is 0 Å². The van der Waals surface area contributed by atoms with Crippen molar-refractivity contribution in [3.63, 3.8) is 0 Å². The van der Waals surface area contributed by atoms with E-state index >= 15 is 0 Å². The van der Waals surface area contributed by atoms with Crippen molar-refractivity contribution in [2.24, 2.45) is 0 Å². The maximum Gasteiger partial charge on any atom is 0.305 e. The maximum atomic E-state index is 10.5. The zero-order valence-electron chi connectivity index (χ0n) is 13.5. The lowest BCUT2D eigenvalue weighted by atomic mass is 10.2. The van der Waals surface area contributed by atoms with Crippen molar-refractivity contribution in [1.82, 2.24) is 0 Å². The average molecular weight is 320 g/mol. The third-order valence-electron chi connectivity index (χ3n) is 2.43. The zero-order chi connectivity index (χ0) is 17.4. The Morgan fingerprint density at radius 3 is 0.818 bits per heavy atom. The fraction of sp³-hybridized carbons (Fsp3) is 0.714. The molecular weight excluding hydrogens is 296 g/mol. The summed E-state index contributed by atoms with van der Waals surface area (Å²) in [4.78, 5) is 42.0. The van der Waals surface area contributed by atoms with Gasteiger partial charge in [0.05, 0.1) is 28.4 Å². The van der Waals surface area contributed by atoms with Crippen LogP contribution in [0.2, 0.25) is 0 Å². The lowest BCUT2D eigenvalue weighted by molar-refractivity contribution is -0.144. The van der Waals surface area contributed by atoms with Crippen molar-refractivity contribution in [2.45, 2.75) is 38.5 Å². The summed E-state index contributed by atoms with van der Waals surface area (Å²) in [6.07, 6.45) is 2.05. The second kappa shape index (κ2) is 15.3. The summed E-state index contributed by atoms with van der Waals surface area (Å²) in [5.41, 5.74) is 0. The minimum atomic E-state index is -0.297. The van der Waals surface area contributed by atoms with Gasteiger partial charge in [0.2, 0.25) is 0 Å². The number of hydrogen-bond acceptors (Lipinski definition) is 8. The largest absolute Gasteiger partial charge is 0.469 e. The van der Waals surface area contributed by atoms with E-state index in [1.807, 2.05) is 0 Å². The van der Waals surface area contributed by atoms with E-state index in [9.17, 15) is 19.2 Å². The Morgan fingerprint density at radius 2 is 0.682 bits per heavy atom. The van der Waals surface area contributed by atoms with E-state index in [0.29, 0.717) is 12.8 Å². The van der Waals surface area contributed by atoms with Crippen LogP contribution < -0.4 is 0 Å². The normalized spacial score (nSPS) is 8.91. The molecule has 0 radical (unpaired) electrons. The van der Waals surface area contributed by atoms with Gasteiger partial charge in [0, 0.05) is 25.7 Å². The first-order valence-corrected chi connectivity index (χ1v) is 6.68. The maximum absolute atomic E-state index is 10.5. The van der Waals surface area contributed by atoms with Crippen molar-refractivity contribution in [3.05, 3.63) is 0 Å². The summed E-state index contributed by atoms with van der Waals surface area (Å²) in [5.74, 6) is -1.19. The Bertz CT molecular complexity index is 285. The monoisotopic (exact) mass is 320 g/mol. The minimum Gasteiger partial charge on any atom is -0.469 e. The molecule has 0 aromatic rings. The molecule has 8 nitrogen and oxygen atoms in total. The van der Waals surface area contributed by atoms with E-state index in [1.165, 1.54) is 28.4 Å². The van der Waals surface area contributed by atoms with Gasteiger partial charge in [-0.1, -0.05) is 0 Å². The molecule has 0 aliphatic heterocycles. The molecule has 0 aliphatic rings. The number of carbonyl (C=O) groups excluding carboxylic acids is 4. The molecule has 0 heterocycles. The molecule has 0 aromatic carbocycles. The Kier molecular flexibility index (Phi) is 15.4. The van der Waals surface area contributed by atoms with Crippen LogP contribution in [0.15, 0.2) is 0 Å². The Labute approximate surface area is 130 Å². The van der Waals surface area contributed by atoms with Crippen LogP contribution in [0, 0.1) is 0 Å². The second-order valence-corrected chi connectivity index (χ2v) is 4.01. The molecule has 0 amide bonds. The van der Waals surface area contributed by atoms with Gasteiger partial charge in [0.1, 0.15) is 0 Å². The third kappa shape index (κ3) is 15.9. The summed E-state index contributed by atoms with van der Waals surface area (Å²) < 4.78 is 17.5. The first-order chi connectivity index (χ1) is 10.4. The fourth-order valence-electron chi connectivity index (χ4n) is 1.16. The molecule has 0 aromatic heterocycles. The van der Waals surface area contributed by atoms with Gasteiger partial charge in [-0.3, -0.25) is 19.2 Å². The van der Waals surface area contributed by atoms with Crippen molar-refractivity contribution in [1.29, 1.82) is 0 Å². The van der Waals surface area contributed by atoms with Gasteiger partial charge >= 0.3 is 23.9 Å². The van der Waals surface area contributed by atoms with E-state index in [2.05, 4.69) is 18.9 Å². The van der Waals surface area contributed by atoms with Crippen LogP contribution in [0.3, 0.4) is 0 Å². The summed E-state index contributed by atoms with van der Waals surface area (Å²) >= 11 is 0. The van der Waals surface area contributed by atoms with Crippen LogP contribution in [-0.2, 0) is 38.1 Å². The van der Waals surface area contributed by atoms with Gasteiger partial charge in [-0.2, -0.15) is 0 Å². The van der Waals surface area contributed by atoms with Crippen LogP contribution >= 0.6 is 0 Å². The van der Waals surface area contributed by atoms with Gasteiger partial charge in [-0.25, -0.2) is 0 Å². The lowest BCUT2D eigenvalue weighted by Gasteiger charge is -1.97. The van der Waals surface area contributed by atoms with Gasteiger partial charge in [0.15, 0.2) is 0 Å². The van der Waals surface area contributed by atoms with E-state index in [-0.39, 0.29) is 49.6 Å². The predicted octanol–water partition coefficient (Wildman–Crippen LogP) is 1.01. The van der Waals surface area contributed by atoms with Crippen LogP contribution in [-0.4, -0.2) is 52.3 Å². The molecule has 128 valence electrons. The molecular formula is C14H24O8. The van der Waals surface area contributed by atoms with Crippen LogP contribution in [0.4, 0.5) is 0 Å². The molecule has 0 saturated heterocycles. The Morgan fingerprint density at radius 1 is 0.500 bits per heavy atom. The summed E-state index contributed by atoms with van der Waals surface area (Å²) in [5, 5.41) is 0. The molecule has 22 heavy (non-hydrogen) atoms. The summed E-state index contributed by atoms with van der Waals surface area (Å²) in [6.45, 7) is 0. The van der Waals surface area contributed by atoms with Crippen LogP contribution in [0.1, 0.15) is 38.5 Å². The first-order valence-electron chi connectivity index (χ1n) is 6.68. The highest BCUT2D eigenvalue weighted by Gasteiger charge is 2.04. The number of esters is 4. The third-order valence-corrected chi connectivity index (χ3v) is 2.43. The molecule has 8 heteroatoms. The highest BCUT2D eigenvalue weighted by molar-refractivity contribution is 5.72. The molecule has 0 fully saturated rings. The molecule has 0 saturated carbocycles. The van der Waals surface area contributed by atoms with E-state index < -0.39 is 0 Å². The van der Waals surface area contributed by atoms with Crippen molar-refractivity contribution in [3.8, 4) is 0 Å². The fourth-order valence-corrected chi connectivity index (χ4v) is 1.16. The molecule has 0 spiro atoms. The minimum absolute atomic E-state index is 0.269. The van der Waals surface area contributed by atoms with Crippen molar-refractivity contribution < 1.29 is 38.1 Å². The standard InChI is InChI=1S/2C7H12O4/c2*1-10-6(8)4-3-5-7(9)11-2/h2*3-5H2,1-2H3. The zero-order valence-corrected chi connectivity index (χ0v) is 13.5. The SMILES string of the molecule is COC(=O)CCCC(=O)OC.COC(=O)CCCC(=O)OC. The van der Waals surface area contributed by atoms with E-state index in [1.54, 1.807) is 0 Å². The Hall–Kier alpha value is -2.12. The lowest BCUT2D eigenvalue weighted by Crippen LogP contribution is -2.04. The van der Waals surface area contributed by atoms with E-state index in [4.69, 9.17) is 0 Å². The molecule has 0 atom stereocenters. The number of ether oxygens (including phenoxy) is 4. The molecule has 0 N–H and O–H groups in total. The molecule has 0 aliphatic carbocycles. The van der Waals surface area contributed by atoms with Gasteiger partial charge < -0.3 is 18.9 Å². The number of methoxy groups -OCH3 is 4. The number of carbonyl (C=O) groups is 4. The highest BCUT2D eigenvalue weighted by Crippen LogP contribution is 1.98. The Balaban J connectivity index is 0. The highest BCUT2D eigenvalue weighted by atomic mass is 16.5. The quantitative estimate of drug-likeness (QED) is 0.482.